The Balaban J connectivity index is 1.97. The summed E-state index contributed by atoms with van der Waals surface area (Å²) < 4.78 is 2.39. The predicted octanol–water partition coefficient (Wildman–Crippen LogP) is 3.36. The summed E-state index contributed by atoms with van der Waals surface area (Å²) >= 11 is 0. The van der Waals surface area contributed by atoms with E-state index in [1.807, 2.05) is 6.92 Å². The number of hydrogen-bond acceptors (Lipinski definition) is 1. The van der Waals surface area contributed by atoms with E-state index >= 15 is 0 Å². The smallest absolute Gasteiger partial charge is 0.0553 e. The number of nitrogens with zero attached hydrogens (tertiary/aromatic N) is 1. The highest BCUT2D eigenvalue weighted by atomic mass is 16.3. The monoisotopic (exact) mass is 243 g/mol. The van der Waals surface area contributed by atoms with Crippen molar-refractivity contribution >= 4 is 10.9 Å². The van der Waals surface area contributed by atoms with E-state index in [0.717, 1.165) is 18.9 Å². The molecule has 1 atom stereocenters. The van der Waals surface area contributed by atoms with E-state index < -0.39 is 0 Å². The van der Waals surface area contributed by atoms with Crippen molar-refractivity contribution in [2.24, 2.45) is 5.92 Å². The van der Waals surface area contributed by atoms with Gasteiger partial charge in [-0.25, -0.2) is 0 Å². The number of fused-ring (bicyclic) bond motifs is 1. The lowest BCUT2D eigenvalue weighted by molar-refractivity contribution is 0.195. The number of aliphatic hydroxyl groups excluding tert-OH is 1. The van der Waals surface area contributed by atoms with Crippen LogP contribution < -0.4 is 0 Å². The minimum Gasteiger partial charge on any atom is -0.393 e. The van der Waals surface area contributed by atoms with E-state index in [0.29, 0.717) is 0 Å². The Kier molecular flexibility index (Phi) is 3.13. The third-order valence-corrected chi connectivity index (χ3v) is 4.07. The first-order chi connectivity index (χ1) is 8.74. The average molecular weight is 243 g/mol. The molecule has 2 nitrogen and oxygen atoms in total. The van der Waals surface area contributed by atoms with Gasteiger partial charge in [0.1, 0.15) is 0 Å². The van der Waals surface area contributed by atoms with Gasteiger partial charge < -0.3 is 9.67 Å². The van der Waals surface area contributed by atoms with Gasteiger partial charge in [0.15, 0.2) is 0 Å². The van der Waals surface area contributed by atoms with Crippen LogP contribution in [0.5, 0.6) is 0 Å². The summed E-state index contributed by atoms with van der Waals surface area (Å²) in [5.74, 6) is 0.861. The van der Waals surface area contributed by atoms with Crippen LogP contribution in [0.3, 0.4) is 0 Å². The summed E-state index contributed by atoms with van der Waals surface area (Å²) in [6.07, 6.45) is 6.81. The maximum absolute atomic E-state index is 9.62. The molecule has 0 bridgehead atoms. The summed E-state index contributed by atoms with van der Waals surface area (Å²) in [6, 6.07) is 8.59. The Hall–Kier alpha value is -1.28. The standard InChI is InChI=1S/C16H21NO/c1-12(18)10-15-7-3-6-14-8-9-17(16(14)15)11-13-4-2-5-13/h3,6-9,12-13,18H,2,4-5,10-11H2,1H3. The molecule has 96 valence electrons. The zero-order valence-electron chi connectivity index (χ0n) is 11.0. The molecule has 1 fully saturated rings. The highest BCUT2D eigenvalue weighted by Gasteiger charge is 2.19. The van der Waals surface area contributed by atoms with E-state index in [1.165, 1.54) is 35.7 Å². The molecule has 1 aliphatic rings. The highest BCUT2D eigenvalue weighted by molar-refractivity contribution is 5.83. The minimum atomic E-state index is -0.275. The van der Waals surface area contributed by atoms with Crippen molar-refractivity contribution in [1.82, 2.24) is 4.57 Å². The topological polar surface area (TPSA) is 25.2 Å². The summed E-state index contributed by atoms with van der Waals surface area (Å²) in [7, 11) is 0. The fraction of sp³-hybridized carbons (Fsp3) is 0.500. The van der Waals surface area contributed by atoms with Crippen molar-refractivity contribution in [3.63, 3.8) is 0 Å². The Labute approximate surface area is 108 Å². The molecule has 1 N–H and O–H groups in total. The van der Waals surface area contributed by atoms with E-state index in [-0.39, 0.29) is 6.10 Å². The molecule has 0 spiro atoms. The van der Waals surface area contributed by atoms with Crippen LogP contribution in [-0.2, 0) is 13.0 Å². The second kappa shape index (κ2) is 4.77. The largest absolute Gasteiger partial charge is 0.393 e. The third-order valence-electron chi connectivity index (χ3n) is 4.07. The molecule has 1 unspecified atom stereocenters. The van der Waals surface area contributed by atoms with Crippen LogP contribution in [-0.4, -0.2) is 15.8 Å². The van der Waals surface area contributed by atoms with Crippen LogP contribution in [0.2, 0.25) is 0 Å². The average Bonchev–Trinajstić information content (AvgIpc) is 2.67. The van der Waals surface area contributed by atoms with Crippen molar-refractivity contribution in [3.05, 3.63) is 36.0 Å². The van der Waals surface area contributed by atoms with Gasteiger partial charge >= 0.3 is 0 Å². The number of aromatic nitrogens is 1. The maximum atomic E-state index is 9.62. The molecule has 1 aliphatic carbocycles. The van der Waals surface area contributed by atoms with Gasteiger partial charge in [0.05, 0.1) is 11.6 Å². The van der Waals surface area contributed by atoms with E-state index in [1.54, 1.807) is 0 Å². The maximum Gasteiger partial charge on any atom is 0.0553 e. The van der Waals surface area contributed by atoms with Gasteiger partial charge in [-0.15, -0.1) is 0 Å². The molecule has 3 rings (SSSR count). The van der Waals surface area contributed by atoms with Gasteiger partial charge in [0, 0.05) is 19.2 Å². The van der Waals surface area contributed by atoms with Crippen molar-refractivity contribution in [2.45, 2.75) is 45.3 Å². The summed E-state index contributed by atoms with van der Waals surface area (Å²) in [5, 5.41) is 10.9. The van der Waals surface area contributed by atoms with Gasteiger partial charge in [-0.3, -0.25) is 0 Å². The summed E-state index contributed by atoms with van der Waals surface area (Å²) in [4.78, 5) is 0. The fourth-order valence-corrected chi connectivity index (χ4v) is 2.93. The van der Waals surface area contributed by atoms with Crippen LogP contribution in [0, 0.1) is 5.92 Å². The number of rotatable bonds is 4. The van der Waals surface area contributed by atoms with Gasteiger partial charge in [0.25, 0.3) is 0 Å². The summed E-state index contributed by atoms with van der Waals surface area (Å²) in [5.41, 5.74) is 2.59. The number of para-hydroxylation sites is 1. The lowest BCUT2D eigenvalue weighted by Crippen LogP contribution is -2.18. The first-order valence-corrected chi connectivity index (χ1v) is 6.99. The Morgan fingerprint density at radius 2 is 2.17 bits per heavy atom. The lowest BCUT2D eigenvalue weighted by atomic mass is 9.85. The molecule has 1 aromatic heterocycles. The molecule has 1 aromatic carbocycles. The van der Waals surface area contributed by atoms with Gasteiger partial charge in [-0.1, -0.05) is 24.6 Å². The molecule has 2 aromatic rings. The van der Waals surface area contributed by atoms with E-state index in [2.05, 4.69) is 35.0 Å². The van der Waals surface area contributed by atoms with Crippen LogP contribution in [0.15, 0.2) is 30.5 Å². The quantitative estimate of drug-likeness (QED) is 0.875. The van der Waals surface area contributed by atoms with Gasteiger partial charge in [-0.2, -0.15) is 0 Å². The zero-order chi connectivity index (χ0) is 12.5. The van der Waals surface area contributed by atoms with Crippen molar-refractivity contribution in [2.75, 3.05) is 0 Å². The van der Waals surface area contributed by atoms with Crippen LogP contribution >= 0.6 is 0 Å². The number of benzene rings is 1. The molecule has 18 heavy (non-hydrogen) atoms. The molecule has 0 saturated heterocycles. The molecule has 0 amide bonds. The fourth-order valence-electron chi connectivity index (χ4n) is 2.93. The number of aliphatic hydroxyl groups is 1. The van der Waals surface area contributed by atoms with Gasteiger partial charge in [0.2, 0.25) is 0 Å². The third kappa shape index (κ3) is 2.17. The normalized spacial score (nSPS) is 17.9. The van der Waals surface area contributed by atoms with Crippen molar-refractivity contribution in [3.8, 4) is 0 Å². The van der Waals surface area contributed by atoms with Gasteiger partial charge in [-0.05, 0) is 42.7 Å². The van der Waals surface area contributed by atoms with Crippen molar-refractivity contribution < 1.29 is 5.11 Å². The van der Waals surface area contributed by atoms with E-state index in [4.69, 9.17) is 0 Å². The first-order valence-electron chi connectivity index (χ1n) is 6.99. The zero-order valence-corrected chi connectivity index (χ0v) is 11.0. The molecule has 1 heterocycles. The minimum absolute atomic E-state index is 0.275. The Morgan fingerprint density at radius 1 is 1.33 bits per heavy atom. The second-order valence-corrected chi connectivity index (χ2v) is 5.67. The highest BCUT2D eigenvalue weighted by Crippen LogP contribution is 2.30. The molecular formula is C16H21NO. The number of hydrogen-bond donors (Lipinski definition) is 1. The molecule has 2 heteroatoms. The summed E-state index contributed by atoms with van der Waals surface area (Å²) in [6.45, 7) is 3.00. The second-order valence-electron chi connectivity index (χ2n) is 5.67. The van der Waals surface area contributed by atoms with Crippen molar-refractivity contribution in [1.29, 1.82) is 0 Å². The predicted molar refractivity (Wildman–Crippen MR) is 74.7 cm³/mol. The molecule has 0 aliphatic heterocycles. The first kappa shape index (κ1) is 11.8. The van der Waals surface area contributed by atoms with Crippen LogP contribution in [0.1, 0.15) is 31.7 Å². The SMILES string of the molecule is CC(O)Cc1cccc2ccn(CC3CCC3)c12. The van der Waals surface area contributed by atoms with E-state index in [9.17, 15) is 5.11 Å². The molecule has 1 saturated carbocycles. The molecule has 0 radical (unpaired) electrons. The van der Waals surface area contributed by atoms with Crippen LogP contribution in [0.4, 0.5) is 0 Å². The Bertz CT molecular complexity index is 537. The van der Waals surface area contributed by atoms with Crippen LogP contribution in [0.25, 0.3) is 10.9 Å². The lowest BCUT2D eigenvalue weighted by Gasteiger charge is -2.26. The Morgan fingerprint density at radius 3 is 2.83 bits per heavy atom. The molecular weight excluding hydrogens is 222 g/mol.